The molecule has 4 rings (SSSR count). The Morgan fingerprint density at radius 2 is 1.61 bits per heavy atom. The molecule has 0 aliphatic rings. The molecule has 0 saturated carbocycles. The van der Waals surface area contributed by atoms with E-state index >= 15 is 0 Å². The monoisotopic (exact) mass is 608 g/mol. The van der Waals surface area contributed by atoms with Gasteiger partial charge in [0, 0.05) is 28.3 Å². The Kier molecular flexibility index (Phi) is 10.7. The van der Waals surface area contributed by atoms with Gasteiger partial charge >= 0.3 is 0 Å². The first-order valence-corrected chi connectivity index (χ1v) is 14.8. The van der Waals surface area contributed by atoms with Crippen LogP contribution in [0.3, 0.4) is 0 Å². The van der Waals surface area contributed by atoms with Crippen molar-refractivity contribution >= 4 is 52.6 Å². The number of hydrogen-bond acceptors (Lipinski definition) is 6. The lowest BCUT2D eigenvalue weighted by Crippen LogP contribution is -2.30. The highest BCUT2D eigenvalue weighted by atomic mass is 32.2. The number of aryl methyl sites for hydroxylation is 2. The maximum atomic E-state index is 13.4. The van der Waals surface area contributed by atoms with Crippen molar-refractivity contribution in [2.45, 2.75) is 37.3 Å². The van der Waals surface area contributed by atoms with Crippen molar-refractivity contribution in [1.29, 1.82) is 0 Å². The number of benzene rings is 4. The van der Waals surface area contributed by atoms with Crippen molar-refractivity contribution in [3.05, 3.63) is 135 Å². The SMILES string of the molecule is CCC(Sc1cccc(NC(=O)/C(=C/c2ccc(C)cc2)NC(=O)c2ccccc2)c1)C(=O)Nc1cc([N+](=O)[O-])ccc1C. The maximum Gasteiger partial charge on any atom is 0.272 e. The molecule has 0 aliphatic carbocycles. The van der Waals surface area contributed by atoms with E-state index in [2.05, 4.69) is 16.0 Å². The first-order valence-electron chi connectivity index (χ1n) is 13.9. The molecular formula is C34H32N4O5S. The van der Waals surface area contributed by atoms with Crippen molar-refractivity contribution in [3.8, 4) is 0 Å². The second-order valence-electron chi connectivity index (χ2n) is 10.0. The molecule has 0 radical (unpaired) electrons. The van der Waals surface area contributed by atoms with Gasteiger partial charge in [0.15, 0.2) is 0 Å². The normalized spacial score (nSPS) is 11.8. The predicted molar refractivity (Wildman–Crippen MR) is 175 cm³/mol. The molecule has 4 aromatic carbocycles. The molecule has 224 valence electrons. The summed E-state index contributed by atoms with van der Waals surface area (Å²) in [4.78, 5) is 50.9. The summed E-state index contributed by atoms with van der Waals surface area (Å²) in [6, 6.07) is 27.6. The Hall–Kier alpha value is -5.22. The van der Waals surface area contributed by atoms with Crippen molar-refractivity contribution in [2.24, 2.45) is 0 Å². The highest BCUT2D eigenvalue weighted by molar-refractivity contribution is 8.00. The van der Waals surface area contributed by atoms with E-state index in [1.807, 2.05) is 44.2 Å². The predicted octanol–water partition coefficient (Wildman–Crippen LogP) is 7.13. The number of nitrogens with zero attached hydrogens (tertiary/aromatic N) is 1. The van der Waals surface area contributed by atoms with Crippen LogP contribution in [0.4, 0.5) is 17.1 Å². The molecule has 4 aromatic rings. The summed E-state index contributed by atoms with van der Waals surface area (Å²) in [6.45, 7) is 5.61. The van der Waals surface area contributed by atoms with Crippen LogP contribution in [0.5, 0.6) is 0 Å². The summed E-state index contributed by atoms with van der Waals surface area (Å²) in [5, 5.41) is 19.1. The fraction of sp³-hybridized carbons (Fsp3) is 0.147. The van der Waals surface area contributed by atoms with Crippen LogP contribution < -0.4 is 16.0 Å². The summed E-state index contributed by atoms with van der Waals surface area (Å²) in [7, 11) is 0. The summed E-state index contributed by atoms with van der Waals surface area (Å²) < 4.78 is 0. The molecule has 1 unspecified atom stereocenters. The smallest absolute Gasteiger partial charge is 0.272 e. The number of non-ortho nitro benzene ring substituents is 1. The third kappa shape index (κ3) is 8.65. The number of anilines is 2. The van der Waals surface area contributed by atoms with Gasteiger partial charge in [0.05, 0.1) is 15.9 Å². The van der Waals surface area contributed by atoms with Crippen LogP contribution >= 0.6 is 11.8 Å². The van der Waals surface area contributed by atoms with E-state index in [1.165, 1.54) is 23.9 Å². The molecule has 0 fully saturated rings. The van der Waals surface area contributed by atoms with Crippen molar-refractivity contribution < 1.29 is 19.3 Å². The van der Waals surface area contributed by atoms with Gasteiger partial charge in [0.1, 0.15) is 5.70 Å². The highest BCUT2D eigenvalue weighted by Gasteiger charge is 2.21. The molecule has 0 aliphatic heterocycles. The first-order chi connectivity index (χ1) is 21.1. The highest BCUT2D eigenvalue weighted by Crippen LogP contribution is 2.30. The Balaban J connectivity index is 1.50. The second kappa shape index (κ2) is 14.8. The van der Waals surface area contributed by atoms with E-state index in [0.29, 0.717) is 28.9 Å². The Bertz CT molecular complexity index is 1700. The molecular weight excluding hydrogens is 576 g/mol. The van der Waals surface area contributed by atoms with Gasteiger partial charge < -0.3 is 16.0 Å². The van der Waals surface area contributed by atoms with Gasteiger partial charge in [-0.05, 0) is 67.8 Å². The summed E-state index contributed by atoms with van der Waals surface area (Å²) in [5.74, 6) is -1.22. The second-order valence-corrected chi connectivity index (χ2v) is 11.3. The van der Waals surface area contributed by atoms with Crippen molar-refractivity contribution in [1.82, 2.24) is 5.32 Å². The number of amides is 3. The van der Waals surface area contributed by atoms with E-state index in [-0.39, 0.29) is 17.3 Å². The van der Waals surface area contributed by atoms with Crippen LogP contribution in [0.15, 0.2) is 108 Å². The molecule has 0 bridgehead atoms. The molecule has 3 N–H and O–H groups in total. The summed E-state index contributed by atoms with van der Waals surface area (Å²) >= 11 is 1.31. The van der Waals surface area contributed by atoms with E-state index in [9.17, 15) is 24.5 Å². The van der Waals surface area contributed by atoms with Crippen LogP contribution in [0, 0.1) is 24.0 Å². The van der Waals surface area contributed by atoms with Crippen molar-refractivity contribution in [3.63, 3.8) is 0 Å². The molecule has 0 spiro atoms. The topological polar surface area (TPSA) is 130 Å². The van der Waals surface area contributed by atoms with E-state index < -0.39 is 22.0 Å². The lowest BCUT2D eigenvalue weighted by atomic mass is 10.1. The minimum Gasteiger partial charge on any atom is -0.325 e. The van der Waals surface area contributed by atoms with Crippen LogP contribution in [-0.4, -0.2) is 27.9 Å². The van der Waals surface area contributed by atoms with Gasteiger partial charge in [-0.25, -0.2) is 0 Å². The Morgan fingerprint density at radius 1 is 0.886 bits per heavy atom. The van der Waals surface area contributed by atoms with Gasteiger partial charge in [0.2, 0.25) is 5.91 Å². The van der Waals surface area contributed by atoms with Gasteiger partial charge in [0.25, 0.3) is 17.5 Å². The van der Waals surface area contributed by atoms with E-state index in [1.54, 1.807) is 67.6 Å². The standard InChI is InChI=1S/C34H32N4O5S/c1-4-31(34(41)36-29-21-27(38(42)43)18-15-23(29)3)44-28-12-8-11-26(20-28)35-33(40)30(19-24-16-13-22(2)14-17-24)37-32(39)25-9-6-5-7-10-25/h5-21,31H,4H2,1-3H3,(H,35,40)(H,36,41)(H,37,39)/b30-19-. The van der Waals surface area contributed by atoms with Crippen LogP contribution in [-0.2, 0) is 9.59 Å². The zero-order valence-electron chi connectivity index (χ0n) is 24.5. The van der Waals surface area contributed by atoms with Gasteiger partial charge in [-0.3, -0.25) is 24.5 Å². The third-order valence-electron chi connectivity index (χ3n) is 6.64. The third-order valence-corrected chi connectivity index (χ3v) is 8.00. The van der Waals surface area contributed by atoms with Gasteiger partial charge in [-0.1, -0.05) is 67.1 Å². The van der Waals surface area contributed by atoms with Gasteiger partial charge in [-0.15, -0.1) is 11.8 Å². The first kappa shape index (κ1) is 31.7. The minimum absolute atomic E-state index is 0.0684. The van der Waals surface area contributed by atoms with Crippen molar-refractivity contribution in [2.75, 3.05) is 10.6 Å². The largest absolute Gasteiger partial charge is 0.325 e. The number of nitro benzene ring substituents is 1. The average Bonchev–Trinajstić information content (AvgIpc) is 3.02. The van der Waals surface area contributed by atoms with E-state index in [0.717, 1.165) is 16.0 Å². The lowest BCUT2D eigenvalue weighted by molar-refractivity contribution is -0.384. The molecule has 0 heterocycles. The molecule has 0 aromatic heterocycles. The minimum atomic E-state index is -0.511. The summed E-state index contributed by atoms with van der Waals surface area (Å²) in [6.07, 6.45) is 2.11. The average molecular weight is 609 g/mol. The quantitative estimate of drug-likeness (QED) is 0.0719. The number of nitro groups is 1. The number of carbonyl (C=O) groups excluding carboxylic acids is 3. The van der Waals surface area contributed by atoms with Crippen LogP contribution in [0.1, 0.15) is 40.4 Å². The Morgan fingerprint density at radius 3 is 2.30 bits per heavy atom. The fourth-order valence-corrected chi connectivity index (χ4v) is 5.19. The van der Waals surface area contributed by atoms with E-state index in [4.69, 9.17) is 0 Å². The Labute approximate surface area is 259 Å². The molecule has 10 heteroatoms. The zero-order chi connectivity index (χ0) is 31.6. The lowest BCUT2D eigenvalue weighted by Gasteiger charge is -2.17. The zero-order valence-corrected chi connectivity index (χ0v) is 25.3. The molecule has 44 heavy (non-hydrogen) atoms. The molecule has 9 nitrogen and oxygen atoms in total. The number of carbonyl (C=O) groups is 3. The number of nitrogens with one attached hydrogen (secondary N) is 3. The van der Waals surface area contributed by atoms with Gasteiger partial charge in [-0.2, -0.15) is 0 Å². The maximum absolute atomic E-state index is 13.4. The fourth-order valence-electron chi connectivity index (χ4n) is 4.18. The molecule has 0 saturated heterocycles. The molecule has 1 atom stereocenters. The van der Waals surface area contributed by atoms with Crippen LogP contribution in [0.25, 0.3) is 6.08 Å². The molecule has 3 amide bonds. The number of thioether (sulfide) groups is 1. The summed E-state index contributed by atoms with van der Waals surface area (Å²) in [5.41, 5.74) is 3.76. The van der Waals surface area contributed by atoms with Crippen LogP contribution in [0.2, 0.25) is 0 Å². The number of rotatable bonds is 11. The number of hydrogen-bond donors (Lipinski definition) is 3.